The molecule has 1 aromatic heterocycles. The van der Waals surface area contributed by atoms with Gasteiger partial charge >= 0.3 is 0 Å². The van der Waals surface area contributed by atoms with Crippen LogP contribution in [-0.2, 0) is 0 Å². The van der Waals surface area contributed by atoms with Crippen LogP contribution >= 0.6 is 0 Å². The summed E-state index contributed by atoms with van der Waals surface area (Å²) in [7, 11) is 0. The van der Waals surface area contributed by atoms with Crippen LogP contribution in [0.5, 0.6) is 0 Å². The van der Waals surface area contributed by atoms with E-state index in [1.807, 2.05) is 0 Å². The second kappa shape index (κ2) is 4.85. The van der Waals surface area contributed by atoms with Crippen molar-refractivity contribution in [2.24, 2.45) is 0 Å². The highest BCUT2D eigenvalue weighted by Crippen LogP contribution is 2.21. The van der Waals surface area contributed by atoms with Gasteiger partial charge in [-0.15, -0.1) is 0 Å². The smallest absolute Gasteiger partial charge is 0.287 e. The maximum Gasteiger partial charge on any atom is 0.287 e. The number of aromatic nitrogens is 1. The summed E-state index contributed by atoms with van der Waals surface area (Å²) in [6.45, 7) is -2.23. The molecule has 0 saturated heterocycles. The fourth-order valence-corrected chi connectivity index (χ4v) is 1.69. The van der Waals surface area contributed by atoms with Gasteiger partial charge in [0.2, 0.25) is 0 Å². The lowest BCUT2D eigenvalue weighted by molar-refractivity contribution is -0.0461. The number of anilines is 1. The van der Waals surface area contributed by atoms with Crippen molar-refractivity contribution >= 4 is 22.5 Å². The number of aliphatic hydroxyl groups is 1. The lowest BCUT2D eigenvalue weighted by atomic mass is 10.1. The van der Waals surface area contributed by atoms with Gasteiger partial charge in [-0.1, -0.05) is 0 Å². The van der Waals surface area contributed by atoms with Gasteiger partial charge in [0.15, 0.2) is 0 Å². The summed E-state index contributed by atoms with van der Waals surface area (Å²) in [6, 6.07) is 4.95. The molecule has 5 N–H and O–H groups in total. The Balaban J connectivity index is 2.20. The number of hydrogen-bond donors (Lipinski definition) is 4. The highest BCUT2D eigenvalue weighted by atomic mass is 19.3. The average Bonchev–Trinajstić information content (AvgIpc) is 2.79. The third kappa shape index (κ3) is 2.82. The van der Waals surface area contributed by atoms with Crippen molar-refractivity contribution in [2.75, 3.05) is 18.9 Å². The second-order valence-corrected chi connectivity index (χ2v) is 4.20. The van der Waals surface area contributed by atoms with Crippen molar-refractivity contribution in [1.29, 1.82) is 0 Å². The zero-order valence-corrected chi connectivity index (χ0v) is 9.91. The number of fused-ring (bicyclic) bond motifs is 1. The highest BCUT2D eigenvalue weighted by Gasteiger charge is 2.28. The first-order chi connectivity index (χ1) is 8.93. The van der Waals surface area contributed by atoms with Crippen LogP contribution in [0.3, 0.4) is 0 Å². The lowest BCUT2D eigenvalue weighted by Crippen LogP contribution is -2.38. The highest BCUT2D eigenvalue weighted by molar-refractivity contribution is 6.07. The molecular formula is C12H13F2N3O2. The molecule has 0 unspecified atom stereocenters. The van der Waals surface area contributed by atoms with Gasteiger partial charge in [-0.2, -0.15) is 0 Å². The number of alkyl halides is 2. The summed E-state index contributed by atoms with van der Waals surface area (Å²) in [5.41, 5.74) is 7.01. The molecule has 5 nitrogen and oxygen atoms in total. The summed E-state index contributed by atoms with van der Waals surface area (Å²) in [5.74, 6) is -3.98. The van der Waals surface area contributed by atoms with Crippen LogP contribution in [0.1, 0.15) is 10.4 Å². The third-order valence-corrected chi connectivity index (χ3v) is 2.69. The Morgan fingerprint density at radius 1 is 1.47 bits per heavy atom. The van der Waals surface area contributed by atoms with Crippen LogP contribution < -0.4 is 11.1 Å². The molecule has 0 aliphatic heterocycles. The largest absolute Gasteiger partial charge is 0.399 e. The molecule has 102 valence electrons. The van der Waals surface area contributed by atoms with E-state index in [1.54, 1.807) is 18.2 Å². The number of rotatable bonds is 4. The van der Waals surface area contributed by atoms with E-state index in [-0.39, 0.29) is 5.56 Å². The number of H-pyrrole nitrogens is 1. The number of nitrogens with two attached hydrogens (primary N) is 1. The molecule has 1 heterocycles. The Hall–Kier alpha value is -2.15. The number of nitrogen functional groups attached to an aromatic ring is 1. The van der Waals surface area contributed by atoms with Crippen molar-refractivity contribution in [3.63, 3.8) is 0 Å². The van der Waals surface area contributed by atoms with Crippen LogP contribution in [0.2, 0.25) is 0 Å². The quantitative estimate of drug-likeness (QED) is 0.626. The number of hydrogen-bond acceptors (Lipinski definition) is 3. The van der Waals surface area contributed by atoms with Gasteiger partial charge in [0.25, 0.3) is 11.8 Å². The molecule has 19 heavy (non-hydrogen) atoms. The van der Waals surface area contributed by atoms with Crippen molar-refractivity contribution in [1.82, 2.24) is 10.3 Å². The predicted octanol–water partition coefficient (Wildman–Crippen LogP) is 1.11. The van der Waals surface area contributed by atoms with E-state index < -0.39 is 25.0 Å². The molecule has 0 atom stereocenters. The van der Waals surface area contributed by atoms with Crippen molar-refractivity contribution in [3.05, 3.63) is 30.0 Å². The van der Waals surface area contributed by atoms with E-state index in [9.17, 15) is 13.6 Å². The molecule has 7 heteroatoms. The van der Waals surface area contributed by atoms with E-state index >= 15 is 0 Å². The van der Waals surface area contributed by atoms with Crippen molar-refractivity contribution < 1.29 is 18.7 Å². The van der Waals surface area contributed by atoms with Crippen LogP contribution in [-0.4, -0.2) is 35.1 Å². The fraction of sp³-hybridized carbons (Fsp3) is 0.250. The molecule has 0 aliphatic rings. The molecule has 0 aliphatic carbocycles. The normalized spacial score (nSPS) is 11.7. The Labute approximate surface area is 107 Å². The maximum atomic E-state index is 12.8. The third-order valence-electron chi connectivity index (χ3n) is 2.69. The van der Waals surface area contributed by atoms with Crippen LogP contribution in [0.15, 0.2) is 24.4 Å². The number of aromatic amines is 1. The molecule has 2 aromatic rings. The van der Waals surface area contributed by atoms with E-state index in [1.165, 1.54) is 6.20 Å². The number of amides is 1. The van der Waals surface area contributed by atoms with Crippen LogP contribution in [0.4, 0.5) is 14.5 Å². The molecule has 0 fully saturated rings. The van der Waals surface area contributed by atoms with Crippen LogP contribution in [0, 0.1) is 0 Å². The summed E-state index contributed by atoms with van der Waals surface area (Å²) in [4.78, 5) is 14.7. The molecule has 0 spiro atoms. The zero-order valence-electron chi connectivity index (χ0n) is 9.91. The summed E-state index contributed by atoms with van der Waals surface area (Å²) < 4.78 is 25.7. The molecule has 0 saturated carbocycles. The predicted molar refractivity (Wildman–Crippen MR) is 67.1 cm³/mol. The molecule has 2 rings (SSSR count). The minimum Gasteiger partial charge on any atom is -0.399 e. The Kier molecular flexibility index (Phi) is 3.39. The van der Waals surface area contributed by atoms with Gasteiger partial charge in [-0.3, -0.25) is 4.79 Å². The number of nitrogens with one attached hydrogen (secondary N) is 2. The number of carbonyl (C=O) groups excluding carboxylic acids is 1. The van der Waals surface area contributed by atoms with Gasteiger partial charge in [-0.25, -0.2) is 8.78 Å². The van der Waals surface area contributed by atoms with Crippen molar-refractivity contribution in [3.8, 4) is 0 Å². The molecule has 1 aromatic carbocycles. The minimum absolute atomic E-state index is 0.232. The zero-order chi connectivity index (χ0) is 14.0. The Bertz CT molecular complexity index is 610. The monoisotopic (exact) mass is 269 g/mol. The first-order valence-electron chi connectivity index (χ1n) is 5.56. The number of carbonyl (C=O) groups is 1. The molecule has 0 radical (unpaired) electrons. The van der Waals surface area contributed by atoms with Gasteiger partial charge < -0.3 is 21.1 Å². The summed E-state index contributed by atoms with van der Waals surface area (Å²) >= 11 is 0. The van der Waals surface area contributed by atoms with E-state index in [0.717, 1.165) is 0 Å². The second-order valence-electron chi connectivity index (χ2n) is 4.20. The van der Waals surface area contributed by atoms with E-state index in [2.05, 4.69) is 10.3 Å². The SMILES string of the molecule is Nc1ccc2[nH]cc(C(=O)NCC(F)(F)CO)c2c1. The summed E-state index contributed by atoms with van der Waals surface area (Å²) in [5, 5.41) is 11.1. The lowest BCUT2D eigenvalue weighted by Gasteiger charge is -2.13. The average molecular weight is 269 g/mol. The van der Waals surface area contributed by atoms with Crippen LogP contribution in [0.25, 0.3) is 10.9 Å². The van der Waals surface area contributed by atoms with Gasteiger partial charge in [-0.05, 0) is 18.2 Å². The number of benzene rings is 1. The van der Waals surface area contributed by atoms with Crippen molar-refractivity contribution in [2.45, 2.75) is 5.92 Å². The maximum absolute atomic E-state index is 12.8. The molecule has 1 amide bonds. The fourth-order valence-electron chi connectivity index (χ4n) is 1.69. The van der Waals surface area contributed by atoms with Gasteiger partial charge in [0, 0.05) is 22.8 Å². The topological polar surface area (TPSA) is 91.1 Å². The Morgan fingerprint density at radius 2 is 2.21 bits per heavy atom. The van der Waals surface area contributed by atoms with E-state index in [0.29, 0.717) is 16.6 Å². The van der Waals surface area contributed by atoms with Gasteiger partial charge in [0.1, 0.15) is 6.61 Å². The molecular weight excluding hydrogens is 256 g/mol. The van der Waals surface area contributed by atoms with E-state index in [4.69, 9.17) is 10.8 Å². The Morgan fingerprint density at radius 3 is 2.89 bits per heavy atom. The standard InChI is InChI=1S/C12H13F2N3O2/c13-12(14,6-18)5-17-11(19)9-4-16-10-2-1-7(15)3-8(9)10/h1-4,16,18H,5-6,15H2,(H,17,19). The molecule has 0 bridgehead atoms. The first kappa shape index (κ1) is 13.3. The number of aliphatic hydroxyl groups excluding tert-OH is 1. The first-order valence-corrected chi connectivity index (χ1v) is 5.56. The number of halogens is 2. The summed E-state index contributed by atoms with van der Waals surface area (Å²) in [6.07, 6.45) is 1.43. The van der Waals surface area contributed by atoms with Gasteiger partial charge in [0.05, 0.1) is 12.1 Å². The minimum atomic E-state index is -3.33.